The summed E-state index contributed by atoms with van der Waals surface area (Å²) in [6.07, 6.45) is 1.03. The van der Waals surface area contributed by atoms with Gasteiger partial charge in [0.25, 0.3) is 0 Å². The number of likely N-dealkylation sites (tertiary alicyclic amines) is 1. The van der Waals surface area contributed by atoms with E-state index in [0.717, 1.165) is 37.6 Å². The molecule has 0 saturated carbocycles. The molecule has 1 saturated heterocycles. The number of rotatable bonds is 5. The van der Waals surface area contributed by atoms with Gasteiger partial charge in [0, 0.05) is 25.7 Å². The molecule has 1 atom stereocenters. The number of ether oxygens (including phenoxy) is 2. The first-order valence-corrected chi connectivity index (χ1v) is 9.23. The zero-order chi connectivity index (χ0) is 18.7. The van der Waals surface area contributed by atoms with Gasteiger partial charge in [-0.25, -0.2) is 0 Å². The second-order valence-electron chi connectivity index (χ2n) is 7.82. The summed E-state index contributed by atoms with van der Waals surface area (Å²) in [5.74, 6) is 1.53. The van der Waals surface area contributed by atoms with Gasteiger partial charge in [-0.15, -0.1) is 0 Å². The summed E-state index contributed by atoms with van der Waals surface area (Å²) in [7, 11) is 3.37. The molecule has 0 radical (unpaired) electrons. The first-order valence-electron chi connectivity index (χ1n) is 9.23. The highest BCUT2D eigenvalue weighted by Crippen LogP contribution is 2.37. The van der Waals surface area contributed by atoms with Crippen LogP contribution in [0.3, 0.4) is 0 Å². The number of methoxy groups -OCH3 is 2. The van der Waals surface area contributed by atoms with Gasteiger partial charge in [-0.3, -0.25) is 4.90 Å². The van der Waals surface area contributed by atoms with Crippen LogP contribution in [0.2, 0.25) is 0 Å². The van der Waals surface area contributed by atoms with Crippen molar-refractivity contribution in [2.24, 2.45) is 11.1 Å². The number of hydrogen-bond acceptors (Lipinski definition) is 4. The molecule has 0 aliphatic carbocycles. The molecule has 2 aromatic carbocycles. The molecule has 1 unspecified atom stereocenters. The van der Waals surface area contributed by atoms with E-state index in [1.165, 1.54) is 16.7 Å². The maximum Gasteiger partial charge on any atom is 0.161 e. The van der Waals surface area contributed by atoms with E-state index < -0.39 is 0 Å². The molecule has 0 amide bonds. The molecule has 140 valence electrons. The average molecular weight is 354 g/mol. The van der Waals surface area contributed by atoms with Gasteiger partial charge < -0.3 is 15.2 Å². The third-order valence-corrected chi connectivity index (χ3v) is 5.48. The van der Waals surface area contributed by atoms with Crippen LogP contribution in [0, 0.1) is 5.41 Å². The van der Waals surface area contributed by atoms with Gasteiger partial charge in [-0.1, -0.05) is 44.2 Å². The van der Waals surface area contributed by atoms with Gasteiger partial charge in [-0.05, 0) is 40.7 Å². The van der Waals surface area contributed by atoms with E-state index in [1.807, 2.05) is 6.07 Å². The summed E-state index contributed by atoms with van der Waals surface area (Å²) < 4.78 is 11.1. The lowest BCUT2D eigenvalue weighted by molar-refractivity contribution is 0.0899. The van der Waals surface area contributed by atoms with Crippen LogP contribution in [0.4, 0.5) is 0 Å². The molecule has 1 heterocycles. The molecule has 0 aromatic heterocycles. The van der Waals surface area contributed by atoms with Crippen LogP contribution < -0.4 is 15.2 Å². The Hall–Kier alpha value is -2.04. The Bertz CT molecular complexity index is 743. The van der Waals surface area contributed by atoms with Crippen LogP contribution >= 0.6 is 0 Å². The van der Waals surface area contributed by atoms with Crippen molar-refractivity contribution >= 4 is 0 Å². The zero-order valence-corrected chi connectivity index (χ0v) is 16.3. The first-order chi connectivity index (χ1) is 12.4. The van der Waals surface area contributed by atoms with Crippen molar-refractivity contribution in [3.63, 3.8) is 0 Å². The largest absolute Gasteiger partial charge is 0.493 e. The Labute approximate surface area is 156 Å². The van der Waals surface area contributed by atoms with Crippen LogP contribution in [0.25, 0.3) is 11.1 Å². The van der Waals surface area contributed by atoms with E-state index in [1.54, 1.807) is 14.2 Å². The predicted octanol–water partition coefficient (Wildman–Crippen LogP) is 3.93. The molecule has 0 spiro atoms. The molecule has 3 rings (SSSR count). The van der Waals surface area contributed by atoms with Crippen LogP contribution in [0.15, 0.2) is 42.5 Å². The topological polar surface area (TPSA) is 47.7 Å². The SMILES string of the molecule is COc1cc(CN2CCC(N)C(C)(C)C2)c(-c2ccccc2)cc1OC. The van der Waals surface area contributed by atoms with Crippen molar-refractivity contribution in [2.45, 2.75) is 32.9 Å². The quantitative estimate of drug-likeness (QED) is 0.884. The van der Waals surface area contributed by atoms with Crippen LogP contribution in [-0.2, 0) is 6.54 Å². The first kappa shape index (κ1) is 18.7. The summed E-state index contributed by atoms with van der Waals surface area (Å²) in [4.78, 5) is 2.50. The van der Waals surface area contributed by atoms with E-state index >= 15 is 0 Å². The lowest BCUT2D eigenvalue weighted by atomic mass is 9.79. The third-order valence-electron chi connectivity index (χ3n) is 5.48. The maximum atomic E-state index is 6.31. The van der Waals surface area contributed by atoms with Crippen LogP contribution in [0.5, 0.6) is 11.5 Å². The molecule has 1 fully saturated rings. The number of hydrogen-bond donors (Lipinski definition) is 1. The maximum absolute atomic E-state index is 6.31. The summed E-state index contributed by atoms with van der Waals surface area (Å²) in [5, 5.41) is 0. The third kappa shape index (κ3) is 3.87. The summed E-state index contributed by atoms with van der Waals surface area (Å²) in [6.45, 7) is 7.41. The van der Waals surface area contributed by atoms with E-state index in [9.17, 15) is 0 Å². The van der Waals surface area contributed by atoms with Gasteiger partial charge in [-0.2, -0.15) is 0 Å². The molecule has 26 heavy (non-hydrogen) atoms. The molecule has 1 aliphatic rings. The van der Waals surface area contributed by atoms with Crippen molar-refractivity contribution in [3.8, 4) is 22.6 Å². The zero-order valence-electron chi connectivity index (χ0n) is 16.3. The molecular formula is C22H30N2O2. The van der Waals surface area contributed by atoms with Gasteiger partial charge in [0.05, 0.1) is 14.2 Å². The smallest absolute Gasteiger partial charge is 0.161 e. The molecule has 0 bridgehead atoms. The monoisotopic (exact) mass is 354 g/mol. The van der Waals surface area contributed by atoms with E-state index in [-0.39, 0.29) is 11.5 Å². The second kappa shape index (κ2) is 7.68. The van der Waals surface area contributed by atoms with Crippen molar-refractivity contribution in [2.75, 3.05) is 27.3 Å². The Morgan fingerprint density at radius 1 is 1.08 bits per heavy atom. The fourth-order valence-corrected chi connectivity index (χ4v) is 3.80. The van der Waals surface area contributed by atoms with E-state index in [0.29, 0.717) is 0 Å². The highest BCUT2D eigenvalue weighted by molar-refractivity contribution is 5.71. The number of benzene rings is 2. The van der Waals surface area contributed by atoms with Gasteiger partial charge in [0.2, 0.25) is 0 Å². The van der Waals surface area contributed by atoms with Crippen molar-refractivity contribution in [1.82, 2.24) is 4.90 Å². The van der Waals surface area contributed by atoms with Crippen LogP contribution in [-0.4, -0.2) is 38.3 Å². The van der Waals surface area contributed by atoms with E-state index in [2.05, 4.69) is 55.1 Å². The second-order valence-corrected chi connectivity index (χ2v) is 7.82. The number of piperidine rings is 1. The molecule has 4 heteroatoms. The minimum atomic E-state index is 0.127. The average Bonchev–Trinajstić information content (AvgIpc) is 2.64. The van der Waals surface area contributed by atoms with Crippen molar-refractivity contribution < 1.29 is 9.47 Å². The molecule has 2 aromatic rings. The minimum Gasteiger partial charge on any atom is -0.493 e. The van der Waals surface area contributed by atoms with Gasteiger partial charge in [0.15, 0.2) is 11.5 Å². The Morgan fingerprint density at radius 2 is 1.73 bits per heavy atom. The Kier molecular flexibility index (Phi) is 5.54. The summed E-state index contributed by atoms with van der Waals surface area (Å²) >= 11 is 0. The minimum absolute atomic E-state index is 0.127. The van der Waals surface area contributed by atoms with E-state index in [4.69, 9.17) is 15.2 Å². The highest BCUT2D eigenvalue weighted by atomic mass is 16.5. The van der Waals surface area contributed by atoms with Crippen molar-refractivity contribution in [3.05, 3.63) is 48.0 Å². The molecular weight excluding hydrogens is 324 g/mol. The standard InChI is InChI=1S/C22H30N2O2/c1-22(2)15-24(11-10-21(22)23)14-17-12-19(25-3)20(26-4)13-18(17)16-8-6-5-7-9-16/h5-9,12-13,21H,10-11,14-15,23H2,1-4H3. The summed E-state index contributed by atoms with van der Waals surface area (Å²) in [5.41, 5.74) is 10.1. The highest BCUT2D eigenvalue weighted by Gasteiger charge is 2.33. The summed E-state index contributed by atoms with van der Waals surface area (Å²) in [6, 6.07) is 14.9. The van der Waals surface area contributed by atoms with Gasteiger partial charge >= 0.3 is 0 Å². The lowest BCUT2D eigenvalue weighted by Gasteiger charge is -2.42. The predicted molar refractivity (Wildman–Crippen MR) is 107 cm³/mol. The lowest BCUT2D eigenvalue weighted by Crippen LogP contribution is -2.52. The number of nitrogens with zero attached hydrogens (tertiary/aromatic N) is 1. The fraction of sp³-hybridized carbons (Fsp3) is 0.455. The van der Waals surface area contributed by atoms with Gasteiger partial charge in [0.1, 0.15) is 0 Å². The molecule has 2 N–H and O–H groups in total. The van der Waals surface area contributed by atoms with Crippen LogP contribution in [0.1, 0.15) is 25.8 Å². The molecule has 1 aliphatic heterocycles. The van der Waals surface area contributed by atoms with Crippen molar-refractivity contribution in [1.29, 1.82) is 0 Å². The fourth-order valence-electron chi connectivity index (χ4n) is 3.80. The normalized spacial score (nSPS) is 20.0. The molecule has 4 nitrogen and oxygen atoms in total. The Balaban J connectivity index is 1.97. The number of nitrogens with two attached hydrogens (primary N) is 1. The Morgan fingerprint density at radius 3 is 2.35 bits per heavy atom.